The fourth-order valence-electron chi connectivity index (χ4n) is 1.79. The Morgan fingerprint density at radius 2 is 2.00 bits per heavy atom. The molecule has 6 nitrogen and oxygen atoms in total. The van der Waals surface area contributed by atoms with Crippen LogP contribution in [-0.4, -0.2) is 10.1 Å². The summed E-state index contributed by atoms with van der Waals surface area (Å²) in [5.41, 5.74) is 1.83. The molecule has 20 heavy (non-hydrogen) atoms. The molecule has 0 spiro atoms. The molecule has 0 aliphatic heterocycles. The van der Waals surface area contributed by atoms with Crippen LogP contribution in [0.2, 0.25) is 0 Å². The van der Waals surface area contributed by atoms with Gasteiger partial charge in [0.25, 0.3) is 5.69 Å². The molecule has 3 rings (SSSR count). The summed E-state index contributed by atoms with van der Waals surface area (Å²) >= 11 is 0. The van der Waals surface area contributed by atoms with Gasteiger partial charge in [0.2, 0.25) is 0 Å². The molecule has 0 saturated heterocycles. The summed E-state index contributed by atoms with van der Waals surface area (Å²) in [5.74, 6) is 0.162. The Labute approximate surface area is 114 Å². The summed E-state index contributed by atoms with van der Waals surface area (Å²) < 4.78 is 10.1. The van der Waals surface area contributed by atoms with Gasteiger partial charge in [0.05, 0.1) is 5.16 Å². The highest BCUT2D eigenvalue weighted by molar-refractivity contribution is 5.60. The Bertz CT molecular complexity index is 683. The van der Waals surface area contributed by atoms with E-state index < -0.39 is 0 Å². The summed E-state index contributed by atoms with van der Waals surface area (Å²) in [6, 6.07) is 12.8. The van der Waals surface area contributed by atoms with Crippen molar-refractivity contribution in [3.63, 3.8) is 0 Å². The number of ether oxygens (including phenoxy) is 1. The van der Waals surface area contributed by atoms with E-state index in [1.54, 1.807) is 24.5 Å². The molecule has 0 saturated carbocycles. The van der Waals surface area contributed by atoms with Crippen LogP contribution in [0.3, 0.4) is 0 Å². The van der Waals surface area contributed by atoms with Crippen molar-refractivity contribution in [2.75, 3.05) is 0 Å². The van der Waals surface area contributed by atoms with Crippen LogP contribution in [0.5, 0.6) is 5.88 Å². The van der Waals surface area contributed by atoms with E-state index in [0.717, 1.165) is 5.56 Å². The van der Waals surface area contributed by atoms with Crippen LogP contribution < -0.4 is 9.64 Å². The zero-order valence-corrected chi connectivity index (χ0v) is 10.5. The van der Waals surface area contributed by atoms with Crippen molar-refractivity contribution in [3.8, 4) is 17.1 Å². The summed E-state index contributed by atoms with van der Waals surface area (Å²) in [7, 11) is 0. The average molecular weight is 269 g/mol. The molecule has 0 bridgehead atoms. The van der Waals surface area contributed by atoms with E-state index in [0.29, 0.717) is 10.5 Å². The molecule has 0 atom stereocenters. The lowest BCUT2D eigenvalue weighted by atomic mass is 10.2. The number of nitrogens with zero attached hydrogens (tertiary/aromatic N) is 3. The normalized spacial score (nSPS) is 10.4. The van der Waals surface area contributed by atoms with E-state index in [4.69, 9.17) is 4.74 Å². The summed E-state index contributed by atoms with van der Waals surface area (Å²) in [4.78, 5) is 4.33. The molecule has 2 heterocycles. The summed E-state index contributed by atoms with van der Waals surface area (Å²) in [6.45, 7) is 0.264. The SMILES string of the molecule is [O-][n+]1onc(OCc2cccnc2)c1-c1ccccc1. The number of benzene rings is 1. The van der Waals surface area contributed by atoms with E-state index in [-0.39, 0.29) is 18.2 Å². The molecule has 0 N–H and O–H groups in total. The van der Waals surface area contributed by atoms with E-state index in [1.165, 1.54) is 0 Å². The number of pyridine rings is 1. The second-order valence-electron chi connectivity index (χ2n) is 4.10. The lowest BCUT2D eigenvalue weighted by Gasteiger charge is -2.01. The molecule has 6 heteroatoms. The van der Waals surface area contributed by atoms with Gasteiger partial charge in [-0.2, -0.15) is 0 Å². The van der Waals surface area contributed by atoms with Crippen molar-refractivity contribution in [2.45, 2.75) is 6.61 Å². The maximum absolute atomic E-state index is 11.6. The first-order valence-electron chi connectivity index (χ1n) is 6.01. The highest BCUT2D eigenvalue weighted by Gasteiger charge is 2.22. The molecule has 1 aromatic carbocycles. The molecular weight excluding hydrogens is 258 g/mol. The quantitative estimate of drug-likeness (QED) is 0.677. The predicted octanol–water partition coefficient (Wildman–Crippen LogP) is 1.95. The fraction of sp³-hybridized carbons (Fsp3) is 0.0714. The molecule has 0 fully saturated rings. The third-order valence-electron chi connectivity index (χ3n) is 2.73. The van der Waals surface area contributed by atoms with Crippen LogP contribution >= 0.6 is 0 Å². The summed E-state index contributed by atoms with van der Waals surface area (Å²) in [6.07, 6.45) is 3.37. The monoisotopic (exact) mass is 269 g/mol. The van der Waals surface area contributed by atoms with Crippen LogP contribution in [0.1, 0.15) is 5.56 Å². The molecule has 3 aromatic rings. The van der Waals surface area contributed by atoms with Gasteiger partial charge < -0.3 is 9.94 Å². The topological polar surface area (TPSA) is 75.1 Å². The van der Waals surface area contributed by atoms with Gasteiger partial charge in [-0.25, -0.2) is 0 Å². The Morgan fingerprint density at radius 1 is 1.15 bits per heavy atom. The van der Waals surface area contributed by atoms with Gasteiger partial charge in [-0.15, -0.1) is 0 Å². The first-order valence-corrected chi connectivity index (χ1v) is 6.01. The van der Waals surface area contributed by atoms with Gasteiger partial charge in [-0.3, -0.25) is 9.61 Å². The minimum Gasteiger partial charge on any atom is -0.450 e. The van der Waals surface area contributed by atoms with Crippen LogP contribution in [0.4, 0.5) is 0 Å². The lowest BCUT2D eigenvalue weighted by molar-refractivity contribution is -0.793. The lowest BCUT2D eigenvalue weighted by Crippen LogP contribution is -2.25. The maximum Gasteiger partial charge on any atom is 0.403 e. The largest absolute Gasteiger partial charge is 0.450 e. The van der Waals surface area contributed by atoms with Gasteiger partial charge in [-0.1, -0.05) is 36.4 Å². The second-order valence-corrected chi connectivity index (χ2v) is 4.10. The minimum absolute atomic E-state index is 0.162. The van der Waals surface area contributed by atoms with Gasteiger partial charge in [0.15, 0.2) is 0 Å². The zero-order chi connectivity index (χ0) is 13.8. The van der Waals surface area contributed by atoms with Crippen LogP contribution in [0.25, 0.3) is 11.3 Å². The van der Waals surface area contributed by atoms with Crippen LogP contribution in [-0.2, 0) is 6.61 Å². The van der Waals surface area contributed by atoms with E-state index >= 15 is 0 Å². The second kappa shape index (κ2) is 5.40. The van der Waals surface area contributed by atoms with Crippen LogP contribution in [0.15, 0.2) is 59.5 Å². The summed E-state index contributed by atoms with van der Waals surface area (Å²) in [5, 5.41) is 15.3. The molecule has 0 unspecified atom stereocenters. The first-order chi connectivity index (χ1) is 9.84. The van der Waals surface area contributed by atoms with E-state index in [1.807, 2.05) is 30.3 Å². The fourth-order valence-corrected chi connectivity index (χ4v) is 1.79. The standard InChI is InChI=1S/C14H11N3O3/c18-17-13(12-6-2-1-3-7-12)14(16-20-17)19-10-11-5-4-8-15-9-11/h1-9H,10H2. The molecule has 2 aromatic heterocycles. The zero-order valence-electron chi connectivity index (χ0n) is 10.5. The average Bonchev–Trinajstić information content (AvgIpc) is 2.88. The number of hydrogen-bond acceptors (Lipinski definition) is 5. The van der Waals surface area contributed by atoms with Crippen molar-refractivity contribution in [3.05, 3.63) is 65.6 Å². The van der Waals surface area contributed by atoms with E-state index in [2.05, 4.69) is 14.8 Å². The van der Waals surface area contributed by atoms with Crippen molar-refractivity contribution in [2.24, 2.45) is 0 Å². The van der Waals surface area contributed by atoms with Crippen molar-refractivity contribution in [1.29, 1.82) is 0 Å². The molecular formula is C14H11N3O3. The molecule has 0 amide bonds. The molecule has 0 radical (unpaired) electrons. The number of rotatable bonds is 4. The Balaban J connectivity index is 1.85. The Morgan fingerprint density at radius 3 is 2.75 bits per heavy atom. The number of aromatic nitrogens is 3. The van der Waals surface area contributed by atoms with Crippen molar-refractivity contribution in [1.82, 2.24) is 10.1 Å². The van der Waals surface area contributed by atoms with E-state index in [9.17, 15) is 5.21 Å². The Kier molecular flexibility index (Phi) is 3.28. The molecule has 0 aliphatic carbocycles. The van der Waals surface area contributed by atoms with Crippen molar-refractivity contribution >= 4 is 0 Å². The van der Waals surface area contributed by atoms with Gasteiger partial charge in [0.1, 0.15) is 6.61 Å². The van der Waals surface area contributed by atoms with Crippen LogP contribution in [0, 0.1) is 5.21 Å². The first kappa shape index (κ1) is 12.2. The van der Waals surface area contributed by atoms with Gasteiger partial charge >= 0.3 is 5.88 Å². The third-order valence-corrected chi connectivity index (χ3v) is 2.73. The molecule has 100 valence electrons. The van der Waals surface area contributed by atoms with Gasteiger partial charge in [0, 0.05) is 23.5 Å². The van der Waals surface area contributed by atoms with Crippen molar-refractivity contribution < 1.29 is 14.3 Å². The minimum atomic E-state index is 0.162. The smallest absolute Gasteiger partial charge is 0.403 e. The molecule has 0 aliphatic rings. The highest BCUT2D eigenvalue weighted by atomic mass is 16.8. The predicted molar refractivity (Wildman–Crippen MR) is 69.5 cm³/mol. The highest BCUT2D eigenvalue weighted by Crippen LogP contribution is 2.24. The maximum atomic E-state index is 11.6. The number of hydrogen-bond donors (Lipinski definition) is 0. The third kappa shape index (κ3) is 2.44. The Hall–Kier alpha value is -2.89. The van der Waals surface area contributed by atoms with Gasteiger partial charge in [-0.05, 0) is 11.0 Å².